The van der Waals surface area contributed by atoms with Gasteiger partial charge in [-0.15, -0.1) is 0 Å². The van der Waals surface area contributed by atoms with Gasteiger partial charge in [0.2, 0.25) is 5.91 Å². The molecule has 2 unspecified atom stereocenters. The lowest BCUT2D eigenvalue weighted by molar-refractivity contribution is -0.123. The first-order chi connectivity index (χ1) is 34.2. The molecule has 0 rings (SSSR count). The van der Waals surface area contributed by atoms with Crippen molar-refractivity contribution in [2.24, 2.45) is 0 Å². The van der Waals surface area contributed by atoms with Gasteiger partial charge >= 0.3 is 0 Å². The average Bonchev–Trinajstić information content (AvgIpc) is 3.35. The van der Waals surface area contributed by atoms with Crippen LogP contribution in [0.25, 0.3) is 0 Å². The molecule has 0 aliphatic rings. The van der Waals surface area contributed by atoms with Crippen molar-refractivity contribution in [2.45, 2.75) is 238 Å². The minimum Gasteiger partial charge on any atom is -0.394 e. The molecule has 388 valence electrons. The molecule has 3 N–H and O–H groups in total. The van der Waals surface area contributed by atoms with E-state index in [1.807, 2.05) is 6.08 Å². The van der Waals surface area contributed by atoms with Gasteiger partial charge in [-0.1, -0.05) is 255 Å². The third-order valence-corrected chi connectivity index (χ3v) is 11.7. The lowest BCUT2D eigenvalue weighted by atomic mass is 10.1. The van der Waals surface area contributed by atoms with E-state index in [-0.39, 0.29) is 12.5 Å². The maximum absolute atomic E-state index is 12.5. The van der Waals surface area contributed by atoms with Crippen LogP contribution in [0.5, 0.6) is 0 Å². The Morgan fingerprint density at radius 3 is 1.01 bits per heavy atom. The van der Waals surface area contributed by atoms with Gasteiger partial charge in [0.1, 0.15) is 0 Å². The first-order valence-electron chi connectivity index (χ1n) is 28.2. The zero-order chi connectivity index (χ0) is 49.9. The van der Waals surface area contributed by atoms with E-state index in [0.717, 1.165) is 116 Å². The molecule has 0 spiro atoms. The molecular formula is C65H105NO3. The number of rotatable bonds is 49. The Balaban J connectivity index is 3.72. The molecule has 0 saturated heterocycles. The standard InChI is InChI=1S/C65H105NO3/c1-3-5-7-9-11-13-15-17-19-21-23-25-26-27-28-29-30-31-32-33-34-35-36-37-38-39-40-41-43-45-47-49-51-53-55-57-59-61-65(69)66-63(62-67)64(68)60-58-56-54-52-50-48-46-44-42-24-22-20-18-16-14-12-10-8-6-4-2/h5,7,11,13,17,19,23,25,27-28,30-31,33-34,36-37,39-40,42-45,50,52,58,60,63-64,67-68H,3-4,6,8-10,12,14-16,18,20-22,24,26,29,32,35,38,41,46-49,51,53-57,59,61-62H2,1-2H3,(H,66,69)/b7-5-,13-11-,19-17-,25-23-,28-27-,31-30-,34-33-,37-36-,40-39-,44-42+,45-43-,52-50+,60-58+. The summed E-state index contributed by atoms with van der Waals surface area (Å²) >= 11 is 0. The third-order valence-electron chi connectivity index (χ3n) is 11.7. The van der Waals surface area contributed by atoms with Gasteiger partial charge in [-0.25, -0.2) is 0 Å². The molecule has 0 aliphatic carbocycles. The molecule has 0 aromatic heterocycles. The van der Waals surface area contributed by atoms with E-state index < -0.39 is 12.1 Å². The van der Waals surface area contributed by atoms with E-state index in [0.29, 0.717) is 6.42 Å². The SMILES string of the molecule is CC/C=C\C/C=C\C/C=C\C/C=C\C/C=C\C/C=C\C/C=C\C/C=C\C/C=C\C/C=C\CCCCCCCCC(=O)NC(CO)C(O)/C=C/CC/C=C/CC/C=C/CCCCCCCCCCCC. The predicted octanol–water partition coefficient (Wildman–Crippen LogP) is 19.0. The van der Waals surface area contributed by atoms with Crippen molar-refractivity contribution >= 4 is 5.91 Å². The normalized spacial score (nSPS) is 14.1. The maximum Gasteiger partial charge on any atom is 0.220 e. The van der Waals surface area contributed by atoms with Gasteiger partial charge in [-0.2, -0.15) is 0 Å². The van der Waals surface area contributed by atoms with Crippen molar-refractivity contribution in [1.29, 1.82) is 0 Å². The van der Waals surface area contributed by atoms with E-state index in [9.17, 15) is 15.0 Å². The van der Waals surface area contributed by atoms with Crippen LogP contribution in [0.1, 0.15) is 226 Å². The first kappa shape index (κ1) is 65.0. The summed E-state index contributed by atoms with van der Waals surface area (Å²) in [5, 5.41) is 23.1. The number of carbonyl (C=O) groups excluding carboxylic acids is 1. The van der Waals surface area contributed by atoms with Crippen LogP contribution >= 0.6 is 0 Å². The second kappa shape index (κ2) is 58.3. The van der Waals surface area contributed by atoms with Crippen LogP contribution in [0.15, 0.2) is 158 Å². The van der Waals surface area contributed by atoms with Gasteiger partial charge in [0, 0.05) is 6.42 Å². The van der Waals surface area contributed by atoms with Crippen molar-refractivity contribution in [1.82, 2.24) is 5.32 Å². The number of allylic oxidation sites excluding steroid dienone is 25. The summed E-state index contributed by atoms with van der Waals surface area (Å²) < 4.78 is 0. The second-order valence-corrected chi connectivity index (χ2v) is 18.2. The van der Waals surface area contributed by atoms with E-state index in [2.05, 4.69) is 165 Å². The summed E-state index contributed by atoms with van der Waals surface area (Å²) in [7, 11) is 0. The monoisotopic (exact) mass is 948 g/mol. The molecule has 4 nitrogen and oxygen atoms in total. The van der Waals surface area contributed by atoms with E-state index in [4.69, 9.17) is 0 Å². The van der Waals surface area contributed by atoms with Crippen LogP contribution in [-0.4, -0.2) is 34.9 Å². The molecule has 0 saturated carbocycles. The fourth-order valence-corrected chi connectivity index (χ4v) is 7.47. The number of carbonyl (C=O) groups is 1. The van der Waals surface area contributed by atoms with Crippen LogP contribution in [0.2, 0.25) is 0 Å². The number of aliphatic hydroxyl groups excluding tert-OH is 2. The molecule has 69 heavy (non-hydrogen) atoms. The Morgan fingerprint density at radius 2 is 0.652 bits per heavy atom. The third kappa shape index (κ3) is 54.8. The van der Waals surface area contributed by atoms with Gasteiger partial charge in [0.05, 0.1) is 18.8 Å². The Hall–Kier alpha value is -3.99. The minimum atomic E-state index is -0.889. The molecule has 0 aromatic carbocycles. The van der Waals surface area contributed by atoms with Crippen molar-refractivity contribution in [3.63, 3.8) is 0 Å². The van der Waals surface area contributed by atoms with Gasteiger partial charge < -0.3 is 15.5 Å². The Bertz CT molecular complexity index is 1490. The molecule has 0 heterocycles. The molecule has 0 fully saturated rings. The van der Waals surface area contributed by atoms with E-state index >= 15 is 0 Å². The zero-order valence-corrected chi connectivity index (χ0v) is 44.5. The summed E-state index contributed by atoms with van der Waals surface area (Å²) in [6, 6.07) is -0.666. The van der Waals surface area contributed by atoms with Crippen molar-refractivity contribution in [3.8, 4) is 0 Å². The number of aliphatic hydroxyl groups is 2. The molecule has 4 heteroatoms. The molecule has 1 amide bonds. The van der Waals surface area contributed by atoms with Crippen LogP contribution < -0.4 is 5.32 Å². The topological polar surface area (TPSA) is 69.6 Å². The number of amides is 1. The zero-order valence-electron chi connectivity index (χ0n) is 44.5. The van der Waals surface area contributed by atoms with E-state index in [1.165, 1.54) is 89.9 Å². The fourth-order valence-electron chi connectivity index (χ4n) is 7.47. The van der Waals surface area contributed by atoms with Crippen LogP contribution in [0.4, 0.5) is 0 Å². The summed E-state index contributed by atoms with van der Waals surface area (Å²) in [5.41, 5.74) is 0. The second-order valence-electron chi connectivity index (χ2n) is 18.2. The fraction of sp³-hybridized carbons (Fsp3) is 0.585. The highest BCUT2D eigenvalue weighted by molar-refractivity contribution is 5.76. The van der Waals surface area contributed by atoms with Gasteiger partial charge in [0.15, 0.2) is 0 Å². The first-order valence-corrected chi connectivity index (χ1v) is 28.2. The lowest BCUT2D eigenvalue weighted by Crippen LogP contribution is -2.45. The van der Waals surface area contributed by atoms with Crippen LogP contribution in [-0.2, 0) is 4.79 Å². The highest BCUT2D eigenvalue weighted by atomic mass is 16.3. The molecule has 0 aromatic rings. The smallest absolute Gasteiger partial charge is 0.220 e. The van der Waals surface area contributed by atoms with Crippen molar-refractivity contribution in [2.75, 3.05) is 6.61 Å². The molecule has 2 atom stereocenters. The maximum atomic E-state index is 12.5. The number of hydrogen-bond donors (Lipinski definition) is 3. The highest BCUT2D eigenvalue weighted by Gasteiger charge is 2.17. The van der Waals surface area contributed by atoms with Crippen molar-refractivity contribution < 1.29 is 15.0 Å². The van der Waals surface area contributed by atoms with Crippen LogP contribution in [0.3, 0.4) is 0 Å². The van der Waals surface area contributed by atoms with Gasteiger partial charge in [-0.3, -0.25) is 4.79 Å². The molecule has 0 radical (unpaired) electrons. The number of hydrogen-bond acceptors (Lipinski definition) is 3. The number of nitrogens with one attached hydrogen (secondary N) is 1. The van der Waals surface area contributed by atoms with Crippen LogP contribution in [0, 0.1) is 0 Å². The minimum absolute atomic E-state index is 0.0993. The quantitative estimate of drug-likeness (QED) is 0.0420. The predicted molar refractivity (Wildman–Crippen MR) is 308 cm³/mol. The summed E-state index contributed by atoms with van der Waals surface area (Å²) in [4.78, 5) is 12.5. The Labute approximate surface area is 426 Å². The van der Waals surface area contributed by atoms with E-state index in [1.54, 1.807) is 6.08 Å². The average molecular weight is 949 g/mol. The lowest BCUT2D eigenvalue weighted by Gasteiger charge is -2.19. The number of unbranched alkanes of at least 4 members (excludes halogenated alkanes) is 18. The summed E-state index contributed by atoms with van der Waals surface area (Å²) in [6.07, 6.45) is 93.9. The summed E-state index contributed by atoms with van der Waals surface area (Å²) in [6.45, 7) is 4.16. The van der Waals surface area contributed by atoms with Crippen molar-refractivity contribution in [3.05, 3.63) is 158 Å². The molecule has 0 aliphatic heterocycles. The summed E-state index contributed by atoms with van der Waals surface area (Å²) in [5.74, 6) is -0.0993. The molecular weight excluding hydrogens is 843 g/mol. The largest absolute Gasteiger partial charge is 0.394 e. The van der Waals surface area contributed by atoms with Gasteiger partial charge in [0.25, 0.3) is 0 Å². The Morgan fingerprint density at radius 1 is 0.362 bits per heavy atom. The highest BCUT2D eigenvalue weighted by Crippen LogP contribution is 2.13. The Kier molecular flexibility index (Phi) is 55.0. The van der Waals surface area contributed by atoms with Gasteiger partial charge in [-0.05, 0) is 122 Å². The molecule has 0 bridgehead atoms.